The van der Waals surface area contributed by atoms with E-state index in [9.17, 15) is 24.6 Å². The van der Waals surface area contributed by atoms with Gasteiger partial charge < -0.3 is 24.4 Å². The molecule has 8 rings (SSSR count). The van der Waals surface area contributed by atoms with E-state index in [2.05, 4.69) is 0 Å². The molecule has 3 saturated carbocycles. The van der Waals surface area contributed by atoms with Gasteiger partial charge in [-0.15, -0.1) is 0 Å². The normalized spacial score (nSPS) is 33.1. The third-order valence-corrected chi connectivity index (χ3v) is 14.5. The van der Waals surface area contributed by atoms with Crippen LogP contribution in [0.3, 0.4) is 0 Å². The van der Waals surface area contributed by atoms with Crippen LogP contribution in [0.5, 0.6) is 0 Å². The molecule has 0 spiro atoms. The van der Waals surface area contributed by atoms with Crippen molar-refractivity contribution in [1.29, 1.82) is 0 Å². The van der Waals surface area contributed by atoms with Crippen molar-refractivity contribution in [3.8, 4) is 0 Å². The highest BCUT2D eigenvalue weighted by Crippen LogP contribution is 2.77. The zero-order valence-corrected chi connectivity index (χ0v) is 33.8. The summed E-state index contributed by atoms with van der Waals surface area (Å²) in [5, 5.41) is 26.3. The van der Waals surface area contributed by atoms with Crippen molar-refractivity contribution in [3.05, 3.63) is 131 Å². The highest BCUT2D eigenvalue weighted by molar-refractivity contribution is 6.04. The number of ether oxygens (including phenoxy) is 3. The maximum absolute atomic E-state index is 14.2. The minimum atomic E-state index is -2.00. The van der Waals surface area contributed by atoms with Crippen LogP contribution in [0.2, 0.25) is 0 Å². The number of hydrogen-bond acceptors (Lipinski definition) is 8. The van der Waals surface area contributed by atoms with Gasteiger partial charge in [-0.1, -0.05) is 143 Å². The lowest BCUT2D eigenvalue weighted by molar-refractivity contribution is -0.228. The predicted octanol–water partition coefficient (Wildman–Crippen LogP) is 8.04. The Morgan fingerprint density at radius 1 is 0.825 bits per heavy atom. The van der Waals surface area contributed by atoms with E-state index in [-0.39, 0.29) is 31.3 Å². The van der Waals surface area contributed by atoms with E-state index in [1.807, 2.05) is 118 Å². The monoisotopic (exact) mass is 772 g/mol. The first-order valence-corrected chi connectivity index (χ1v) is 20.8. The van der Waals surface area contributed by atoms with Gasteiger partial charge in [-0.2, -0.15) is 0 Å². The maximum Gasteiger partial charge on any atom is 0.306 e. The summed E-state index contributed by atoms with van der Waals surface area (Å²) in [6, 6.07) is 30.0. The quantitative estimate of drug-likeness (QED) is 0.121. The number of benzene rings is 3. The Balaban J connectivity index is 1.25. The molecule has 3 aromatic rings. The molecule has 0 aliphatic heterocycles. The van der Waals surface area contributed by atoms with Crippen molar-refractivity contribution in [2.75, 3.05) is 6.61 Å². The largest absolute Gasteiger partial charge is 0.458 e. The van der Waals surface area contributed by atoms with Crippen molar-refractivity contribution < 1.29 is 38.8 Å². The number of carbonyl (C=O) groups is 3. The maximum atomic E-state index is 14.2. The van der Waals surface area contributed by atoms with E-state index >= 15 is 0 Å². The first-order chi connectivity index (χ1) is 27.2. The van der Waals surface area contributed by atoms with E-state index in [0.29, 0.717) is 11.1 Å². The van der Waals surface area contributed by atoms with Crippen LogP contribution in [-0.2, 0) is 34.2 Å². The molecule has 5 aliphatic carbocycles. The lowest BCUT2D eigenvalue weighted by Gasteiger charge is -2.53. The Bertz CT molecular complexity index is 1970. The molecule has 8 heteroatoms. The van der Waals surface area contributed by atoms with Gasteiger partial charge in [0, 0.05) is 48.9 Å². The number of carbonyl (C=O) groups excluding carboxylic acids is 3. The summed E-state index contributed by atoms with van der Waals surface area (Å²) in [5.74, 6) is -4.19. The minimum absolute atomic E-state index is 0.00845. The standard InChI is InChI=1S/C49H56O8/c1-31-26-40-46(53,43(31)52)29-35(30-55-48(36-20-12-7-13-21-36,37-22-14-8-15-23-37)38-24-16-9-17-25-38)27-39-42-45(4,5)49(42,57-33(3)50)44(32(2)47(39,40)54)56-41(51)28-34-18-10-6-11-19-34/h7-9,12-17,20-27,32,34,39-40,42,44,53-54H,6,10-11,18-19,28-30H2,1-5H3/t32-,39+,40-,42-,44-,46-,47-,49-/m1/s1. The third-order valence-electron chi connectivity index (χ3n) is 14.5. The number of Topliss-reactive ketones (excluding diaryl/α,β-unsaturated/α-hetero) is 1. The molecule has 0 saturated heterocycles. The number of hydrogen-bond donors (Lipinski definition) is 2. The summed E-state index contributed by atoms with van der Waals surface area (Å²) >= 11 is 0. The predicted molar refractivity (Wildman–Crippen MR) is 216 cm³/mol. The fourth-order valence-corrected chi connectivity index (χ4v) is 11.8. The Morgan fingerprint density at radius 2 is 1.37 bits per heavy atom. The van der Waals surface area contributed by atoms with Crippen LogP contribution in [-0.4, -0.2) is 57.4 Å². The van der Waals surface area contributed by atoms with Crippen molar-refractivity contribution in [1.82, 2.24) is 0 Å². The van der Waals surface area contributed by atoms with Gasteiger partial charge in [0.1, 0.15) is 17.3 Å². The fourth-order valence-electron chi connectivity index (χ4n) is 11.8. The van der Waals surface area contributed by atoms with Crippen LogP contribution in [0.4, 0.5) is 0 Å². The second-order valence-electron chi connectivity index (χ2n) is 18.1. The van der Waals surface area contributed by atoms with Crippen LogP contribution >= 0.6 is 0 Å². The highest BCUT2D eigenvalue weighted by atomic mass is 16.6. The molecule has 8 atom stereocenters. The first-order valence-electron chi connectivity index (χ1n) is 20.8. The molecule has 57 heavy (non-hydrogen) atoms. The van der Waals surface area contributed by atoms with Crippen molar-refractivity contribution in [2.45, 2.75) is 108 Å². The molecule has 0 radical (unpaired) electrons. The second kappa shape index (κ2) is 14.5. The molecule has 2 N–H and O–H groups in total. The third kappa shape index (κ3) is 6.08. The van der Waals surface area contributed by atoms with Gasteiger partial charge in [0.05, 0.1) is 12.2 Å². The van der Waals surface area contributed by atoms with Crippen LogP contribution in [0, 0.1) is 35.0 Å². The lowest BCUT2D eigenvalue weighted by Crippen LogP contribution is -2.66. The summed E-state index contributed by atoms with van der Waals surface area (Å²) in [5.41, 5.74) is -3.11. The zero-order chi connectivity index (χ0) is 40.4. The summed E-state index contributed by atoms with van der Waals surface area (Å²) in [6.07, 6.45) is 8.08. The van der Waals surface area contributed by atoms with E-state index in [1.54, 1.807) is 13.0 Å². The Labute approximate surface area is 336 Å². The molecule has 5 aliphatic rings. The van der Waals surface area contributed by atoms with E-state index < -0.39 is 69.3 Å². The van der Waals surface area contributed by atoms with Crippen LogP contribution in [0.25, 0.3) is 0 Å². The number of fused-ring (bicyclic) bond motifs is 5. The molecule has 8 nitrogen and oxygen atoms in total. The SMILES string of the molecule is CC(=O)O[C@@]12[C@H](OC(=O)CC3CCCCC3)[C@@H](C)[C@@]3(O)[C@@H](C=C(COC(c4ccccc4)(c4ccccc4)c4ccccc4)C[C@]4(O)C(=O)C(C)=C[C@@H]34)[C@@H]1C2(C)C. The van der Waals surface area contributed by atoms with Crippen molar-refractivity contribution in [2.24, 2.45) is 35.0 Å². The fraction of sp³-hybridized carbons (Fsp3) is 0.490. The molecular weight excluding hydrogens is 717 g/mol. The van der Waals surface area contributed by atoms with Gasteiger partial charge in [-0.3, -0.25) is 14.4 Å². The average Bonchev–Trinajstić information content (AvgIpc) is 3.63. The number of esters is 2. The summed E-state index contributed by atoms with van der Waals surface area (Å²) in [6.45, 7) is 8.86. The van der Waals surface area contributed by atoms with Crippen LogP contribution < -0.4 is 0 Å². The van der Waals surface area contributed by atoms with Gasteiger partial charge in [0.25, 0.3) is 0 Å². The smallest absolute Gasteiger partial charge is 0.306 e. The molecule has 0 bridgehead atoms. The van der Waals surface area contributed by atoms with Gasteiger partial charge in [-0.05, 0) is 53.5 Å². The summed E-state index contributed by atoms with van der Waals surface area (Å²) < 4.78 is 20.1. The molecule has 0 aromatic heterocycles. The molecular formula is C49H56O8. The van der Waals surface area contributed by atoms with E-state index in [1.165, 1.54) is 6.92 Å². The summed E-state index contributed by atoms with van der Waals surface area (Å²) in [7, 11) is 0. The highest BCUT2D eigenvalue weighted by Gasteiger charge is 2.87. The Morgan fingerprint density at radius 3 is 1.89 bits per heavy atom. The number of ketones is 1. The number of rotatable bonds is 10. The Kier molecular flexibility index (Phi) is 10.0. The van der Waals surface area contributed by atoms with Gasteiger partial charge >= 0.3 is 11.9 Å². The van der Waals surface area contributed by atoms with E-state index in [4.69, 9.17) is 14.2 Å². The molecule has 3 aromatic carbocycles. The molecule has 3 fully saturated rings. The average molecular weight is 773 g/mol. The van der Waals surface area contributed by atoms with Crippen molar-refractivity contribution >= 4 is 17.7 Å². The van der Waals surface area contributed by atoms with Crippen LogP contribution in [0.1, 0.15) is 96.3 Å². The summed E-state index contributed by atoms with van der Waals surface area (Å²) in [4.78, 5) is 41.1. The molecule has 300 valence electrons. The topological polar surface area (TPSA) is 119 Å². The van der Waals surface area contributed by atoms with Crippen LogP contribution in [0.15, 0.2) is 114 Å². The minimum Gasteiger partial charge on any atom is -0.458 e. The Hall–Kier alpha value is -4.37. The number of aliphatic hydroxyl groups is 2. The molecule has 0 amide bonds. The van der Waals surface area contributed by atoms with Crippen molar-refractivity contribution in [3.63, 3.8) is 0 Å². The first kappa shape index (κ1) is 39.5. The van der Waals surface area contributed by atoms with Gasteiger partial charge in [0.15, 0.2) is 11.4 Å². The van der Waals surface area contributed by atoms with Gasteiger partial charge in [-0.25, -0.2) is 0 Å². The molecule has 0 unspecified atom stereocenters. The van der Waals surface area contributed by atoms with E-state index in [0.717, 1.165) is 48.8 Å². The zero-order valence-electron chi connectivity index (χ0n) is 33.8. The molecule has 0 heterocycles. The lowest BCUT2D eigenvalue weighted by atomic mass is 9.59. The second-order valence-corrected chi connectivity index (χ2v) is 18.1. The van der Waals surface area contributed by atoms with Gasteiger partial charge in [0.2, 0.25) is 0 Å².